The standard InChI is InChI=1S/C9H16N4O2/c1-13(5-9(14-2)15-3)8-4-7(10)11-6-12-8/h4,6,9H,5H2,1-3H3,(H2,10,11,12). The van der Waals surface area contributed by atoms with E-state index in [1.165, 1.54) is 6.33 Å². The van der Waals surface area contributed by atoms with Gasteiger partial charge in [-0.3, -0.25) is 0 Å². The Morgan fingerprint density at radius 3 is 2.60 bits per heavy atom. The smallest absolute Gasteiger partial charge is 0.174 e. The molecule has 0 saturated heterocycles. The van der Waals surface area contributed by atoms with Crippen LogP contribution >= 0.6 is 0 Å². The molecule has 1 heterocycles. The van der Waals surface area contributed by atoms with Crippen LogP contribution in [0.25, 0.3) is 0 Å². The van der Waals surface area contributed by atoms with E-state index < -0.39 is 0 Å². The molecule has 0 aliphatic heterocycles. The summed E-state index contributed by atoms with van der Waals surface area (Å²) in [5.41, 5.74) is 5.55. The molecule has 0 atom stereocenters. The predicted octanol–water partition coefficient (Wildman–Crippen LogP) is 0.114. The molecule has 0 bridgehead atoms. The highest BCUT2D eigenvalue weighted by Gasteiger charge is 2.10. The molecule has 6 heteroatoms. The number of rotatable bonds is 5. The van der Waals surface area contributed by atoms with Crippen molar-refractivity contribution in [3.05, 3.63) is 12.4 Å². The summed E-state index contributed by atoms with van der Waals surface area (Å²) in [6.45, 7) is 0.573. The molecule has 15 heavy (non-hydrogen) atoms. The number of nitrogens with zero attached hydrogens (tertiary/aromatic N) is 3. The van der Waals surface area contributed by atoms with Gasteiger partial charge in [-0.2, -0.15) is 0 Å². The average Bonchev–Trinajstić information content (AvgIpc) is 2.25. The Morgan fingerprint density at radius 1 is 1.40 bits per heavy atom. The number of nitrogen functional groups attached to an aromatic ring is 1. The van der Waals surface area contributed by atoms with Gasteiger partial charge >= 0.3 is 0 Å². The van der Waals surface area contributed by atoms with Crippen molar-refractivity contribution in [2.75, 3.05) is 38.4 Å². The lowest BCUT2D eigenvalue weighted by molar-refractivity contribution is -0.0944. The third kappa shape index (κ3) is 3.34. The highest BCUT2D eigenvalue weighted by Crippen LogP contribution is 2.10. The van der Waals surface area contributed by atoms with Crippen molar-refractivity contribution in [3.8, 4) is 0 Å². The van der Waals surface area contributed by atoms with E-state index in [9.17, 15) is 0 Å². The van der Waals surface area contributed by atoms with Crippen LogP contribution in [0, 0.1) is 0 Å². The van der Waals surface area contributed by atoms with Gasteiger partial charge in [0, 0.05) is 27.3 Å². The summed E-state index contributed by atoms with van der Waals surface area (Å²) in [5.74, 6) is 1.18. The second kappa shape index (κ2) is 5.47. The molecule has 0 spiro atoms. The van der Waals surface area contributed by atoms with Crippen molar-refractivity contribution < 1.29 is 9.47 Å². The minimum Gasteiger partial charge on any atom is -0.384 e. The number of nitrogens with two attached hydrogens (primary N) is 1. The molecule has 1 aromatic heterocycles. The fourth-order valence-corrected chi connectivity index (χ4v) is 1.13. The first kappa shape index (κ1) is 11.7. The van der Waals surface area contributed by atoms with E-state index in [0.29, 0.717) is 12.4 Å². The van der Waals surface area contributed by atoms with Crippen LogP contribution in [0.3, 0.4) is 0 Å². The number of hydrogen-bond donors (Lipinski definition) is 1. The summed E-state index contributed by atoms with van der Waals surface area (Å²) in [7, 11) is 5.07. The molecule has 0 fully saturated rings. The maximum Gasteiger partial charge on any atom is 0.174 e. The monoisotopic (exact) mass is 212 g/mol. The summed E-state index contributed by atoms with van der Waals surface area (Å²) < 4.78 is 10.2. The number of methoxy groups -OCH3 is 2. The van der Waals surface area contributed by atoms with Crippen LogP contribution in [0.1, 0.15) is 0 Å². The fourth-order valence-electron chi connectivity index (χ4n) is 1.13. The first-order valence-corrected chi connectivity index (χ1v) is 4.51. The average molecular weight is 212 g/mol. The van der Waals surface area contributed by atoms with E-state index in [2.05, 4.69) is 9.97 Å². The van der Waals surface area contributed by atoms with Gasteiger partial charge in [-0.1, -0.05) is 0 Å². The molecule has 6 nitrogen and oxygen atoms in total. The van der Waals surface area contributed by atoms with Gasteiger partial charge in [0.15, 0.2) is 6.29 Å². The number of likely N-dealkylation sites (N-methyl/N-ethyl adjacent to an activating group) is 1. The maximum absolute atomic E-state index is 5.55. The quantitative estimate of drug-likeness (QED) is 0.698. The molecular formula is C9H16N4O2. The van der Waals surface area contributed by atoms with E-state index in [1.807, 2.05) is 11.9 Å². The molecule has 0 aliphatic rings. The highest BCUT2D eigenvalue weighted by molar-refractivity contribution is 5.45. The normalized spacial score (nSPS) is 10.7. The number of anilines is 2. The lowest BCUT2D eigenvalue weighted by Gasteiger charge is -2.22. The van der Waals surface area contributed by atoms with Crippen LogP contribution in [0.4, 0.5) is 11.6 Å². The van der Waals surface area contributed by atoms with Crippen molar-refractivity contribution in [1.29, 1.82) is 0 Å². The van der Waals surface area contributed by atoms with Crippen molar-refractivity contribution >= 4 is 11.6 Å². The van der Waals surface area contributed by atoms with E-state index in [4.69, 9.17) is 15.2 Å². The van der Waals surface area contributed by atoms with Crippen molar-refractivity contribution in [3.63, 3.8) is 0 Å². The van der Waals surface area contributed by atoms with E-state index in [0.717, 1.165) is 5.82 Å². The zero-order chi connectivity index (χ0) is 11.3. The molecule has 0 aliphatic carbocycles. The molecule has 1 aromatic rings. The van der Waals surface area contributed by atoms with Gasteiger partial charge in [-0.15, -0.1) is 0 Å². The van der Waals surface area contributed by atoms with E-state index in [-0.39, 0.29) is 6.29 Å². The van der Waals surface area contributed by atoms with Crippen LogP contribution in [-0.2, 0) is 9.47 Å². The van der Waals surface area contributed by atoms with Crippen LogP contribution in [0.15, 0.2) is 12.4 Å². The van der Waals surface area contributed by atoms with E-state index >= 15 is 0 Å². The van der Waals surface area contributed by atoms with Crippen molar-refractivity contribution in [1.82, 2.24) is 9.97 Å². The van der Waals surface area contributed by atoms with E-state index in [1.54, 1.807) is 20.3 Å². The molecule has 0 saturated carbocycles. The lowest BCUT2D eigenvalue weighted by atomic mass is 10.4. The number of hydrogen-bond acceptors (Lipinski definition) is 6. The van der Waals surface area contributed by atoms with Gasteiger partial charge in [0.25, 0.3) is 0 Å². The summed E-state index contributed by atoms with van der Waals surface area (Å²) in [6.07, 6.45) is 1.14. The largest absolute Gasteiger partial charge is 0.384 e. The summed E-state index contributed by atoms with van der Waals surface area (Å²) in [4.78, 5) is 9.79. The van der Waals surface area contributed by atoms with Crippen LogP contribution in [0.2, 0.25) is 0 Å². The molecular weight excluding hydrogens is 196 g/mol. The van der Waals surface area contributed by atoms with Crippen LogP contribution in [0.5, 0.6) is 0 Å². The third-order valence-corrected chi connectivity index (χ3v) is 2.01. The Balaban J connectivity index is 2.64. The molecule has 0 unspecified atom stereocenters. The number of ether oxygens (including phenoxy) is 2. The summed E-state index contributed by atoms with van der Waals surface area (Å²) in [5, 5.41) is 0. The highest BCUT2D eigenvalue weighted by atomic mass is 16.7. The Labute approximate surface area is 89.0 Å². The molecule has 2 N–H and O–H groups in total. The zero-order valence-electron chi connectivity index (χ0n) is 9.17. The van der Waals surface area contributed by atoms with Gasteiger partial charge in [0.05, 0.1) is 6.54 Å². The predicted molar refractivity (Wildman–Crippen MR) is 57.5 cm³/mol. The van der Waals surface area contributed by atoms with Crippen molar-refractivity contribution in [2.45, 2.75) is 6.29 Å². The minimum atomic E-state index is -0.286. The third-order valence-electron chi connectivity index (χ3n) is 2.01. The first-order chi connectivity index (χ1) is 7.17. The Bertz CT molecular complexity index is 304. The zero-order valence-corrected chi connectivity index (χ0v) is 9.17. The fraction of sp³-hybridized carbons (Fsp3) is 0.556. The van der Waals surface area contributed by atoms with Gasteiger partial charge in [-0.05, 0) is 0 Å². The van der Waals surface area contributed by atoms with Crippen LogP contribution < -0.4 is 10.6 Å². The second-order valence-electron chi connectivity index (χ2n) is 3.08. The molecule has 0 radical (unpaired) electrons. The lowest BCUT2D eigenvalue weighted by Crippen LogP contribution is -2.32. The van der Waals surface area contributed by atoms with Crippen molar-refractivity contribution in [2.24, 2.45) is 0 Å². The Morgan fingerprint density at radius 2 is 2.07 bits per heavy atom. The molecule has 0 aromatic carbocycles. The summed E-state index contributed by atoms with van der Waals surface area (Å²) >= 11 is 0. The Hall–Kier alpha value is -1.40. The SMILES string of the molecule is COC(CN(C)c1cc(N)ncn1)OC. The van der Waals surface area contributed by atoms with Gasteiger partial charge < -0.3 is 20.1 Å². The molecule has 0 amide bonds. The van der Waals surface area contributed by atoms with Gasteiger partial charge in [-0.25, -0.2) is 9.97 Å². The summed E-state index contributed by atoms with van der Waals surface area (Å²) in [6, 6.07) is 1.70. The first-order valence-electron chi connectivity index (χ1n) is 4.51. The van der Waals surface area contributed by atoms with Crippen LogP contribution in [-0.4, -0.2) is 44.1 Å². The minimum absolute atomic E-state index is 0.286. The topological polar surface area (TPSA) is 73.5 Å². The van der Waals surface area contributed by atoms with Gasteiger partial charge in [0.1, 0.15) is 18.0 Å². The Kier molecular flexibility index (Phi) is 4.26. The van der Waals surface area contributed by atoms with Gasteiger partial charge in [0.2, 0.25) is 0 Å². The molecule has 84 valence electrons. The number of aromatic nitrogens is 2. The maximum atomic E-state index is 5.55. The second-order valence-corrected chi connectivity index (χ2v) is 3.08. The molecule has 1 rings (SSSR count).